The molecule has 0 radical (unpaired) electrons. The lowest BCUT2D eigenvalue weighted by atomic mass is 10.1. The molecule has 0 spiro atoms. The minimum Gasteiger partial charge on any atom is -0.492 e. The van der Waals surface area contributed by atoms with Crippen molar-refractivity contribution in [3.05, 3.63) is 29.3 Å². The Kier molecular flexibility index (Phi) is 5.45. The van der Waals surface area contributed by atoms with Crippen molar-refractivity contribution >= 4 is 0 Å². The molecule has 0 aromatic heterocycles. The van der Waals surface area contributed by atoms with E-state index in [9.17, 15) is 0 Å². The third kappa shape index (κ3) is 4.02. The molecule has 17 heavy (non-hydrogen) atoms. The Hall–Kier alpha value is -1.06. The van der Waals surface area contributed by atoms with E-state index in [1.54, 1.807) is 0 Å². The molecule has 0 bridgehead atoms. The quantitative estimate of drug-likeness (QED) is 0.820. The number of ether oxygens (including phenoxy) is 1. The molecular weight excluding hydrogens is 212 g/mol. The summed E-state index contributed by atoms with van der Waals surface area (Å²) in [6.07, 6.45) is 0.956. The van der Waals surface area contributed by atoms with Crippen LogP contribution in [0.1, 0.15) is 17.5 Å². The SMILES string of the molecule is Cc1cccc(OCC(CCN)N(C)C)c1C. The van der Waals surface area contributed by atoms with Gasteiger partial charge in [0, 0.05) is 6.04 Å². The molecule has 0 aliphatic rings. The molecule has 0 amide bonds. The molecule has 0 aliphatic carbocycles. The van der Waals surface area contributed by atoms with Crippen molar-refractivity contribution in [1.82, 2.24) is 4.90 Å². The molecule has 1 unspecified atom stereocenters. The molecule has 0 fully saturated rings. The van der Waals surface area contributed by atoms with Crippen molar-refractivity contribution in [3.8, 4) is 5.75 Å². The van der Waals surface area contributed by atoms with E-state index in [1.165, 1.54) is 11.1 Å². The third-order valence-electron chi connectivity index (χ3n) is 3.22. The molecule has 3 heteroatoms. The summed E-state index contributed by atoms with van der Waals surface area (Å²) in [7, 11) is 4.12. The number of likely N-dealkylation sites (N-methyl/N-ethyl adjacent to an activating group) is 1. The number of nitrogens with two attached hydrogens (primary N) is 1. The van der Waals surface area contributed by atoms with Gasteiger partial charge >= 0.3 is 0 Å². The number of hydrogen-bond acceptors (Lipinski definition) is 3. The first-order chi connectivity index (χ1) is 8.06. The van der Waals surface area contributed by atoms with Crippen LogP contribution in [0.15, 0.2) is 18.2 Å². The number of aryl methyl sites for hydroxylation is 1. The predicted molar refractivity (Wildman–Crippen MR) is 72.6 cm³/mol. The number of benzene rings is 1. The Morgan fingerprint density at radius 3 is 2.59 bits per heavy atom. The summed E-state index contributed by atoms with van der Waals surface area (Å²) >= 11 is 0. The van der Waals surface area contributed by atoms with Crippen LogP contribution in [0.4, 0.5) is 0 Å². The minimum atomic E-state index is 0.375. The molecule has 0 saturated carbocycles. The Bertz CT molecular complexity index is 350. The molecule has 0 saturated heterocycles. The summed E-state index contributed by atoms with van der Waals surface area (Å²) in [6, 6.07) is 6.54. The van der Waals surface area contributed by atoms with Crippen LogP contribution in [0.3, 0.4) is 0 Å². The van der Waals surface area contributed by atoms with E-state index in [1.807, 2.05) is 12.1 Å². The third-order valence-corrected chi connectivity index (χ3v) is 3.22. The monoisotopic (exact) mass is 236 g/mol. The average Bonchev–Trinajstić information content (AvgIpc) is 2.29. The van der Waals surface area contributed by atoms with Crippen LogP contribution in [0.25, 0.3) is 0 Å². The van der Waals surface area contributed by atoms with E-state index in [0.29, 0.717) is 19.2 Å². The lowest BCUT2D eigenvalue weighted by molar-refractivity contribution is 0.178. The molecule has 2 N–H and O–H groups in total. The van der Waals surface area contributed by atoms with Gasteiger partial charge in [-0.25, -0.2) is 0 Å². The van der Waals surface area contributed by atoms with Gasteiger partial charge in [-0.1, -0.05) is 12.1 Å². The van der Waals surface area contributed by atoms with Crippen molar-refractivity contribution in [2.45, 2.75) is 26.3 Å². The smallest absolute Gasteiger partial charge is 0.122 e. The normalized spacial score (nSPS) is 12.8. The van der Waals surface area contributed by atoms with Crippen molar-refractivity contribution in [3.63, 3.8) is 0 Å². The van der Waals surface area contributed by atoms with Crippen LogP contribution >= 0.6 is 0 Å². The molecule has 1 rings (SSSR count). The fourth-order valence-electron chi connectivity index (χ4n) is 1.75. The minimum absolute atomic E-state index is 0.375. The fourth-order valence-corrected chi connectivity index (χ4v) is 1.75. The summed E-state index contributed by atoms with van der Waals surface area (Å²) in [5.74, 6) is 0.980. The second-order valence-corrected chi connectivity index (χ2v) is 4.70. The largest absolute Gasteiger partial charge is 0.492 e. The zero-order valence-electron chi connectivity index (χ0n) is 11.4. The predicted octanol–water partition coefficient (Wildman–Crippen LogP) is 1.96. The summed E-state index contributed by atoms with van der Waals surface area (Å²) in [4.78, 5) is 2.16. The molecule has 3 nitrogen and oxygen atoms in total. The Morgan fingerprint density at radius 1 is 1.29 bits per heavy atom. The molecule has 0 aliphatic heterocycles. The van der Waals surface area contributed by atoms with Crippen LogP contribution in [0.2, 0.25) is 0 Å². The maximum atomic E-state index is 5.90. The van der Waals surface area contributed by atoms with E-state index >= 15 is 0 Å². The maximum absolute atomic E-state index is 5.90. The Labute approximate surface area is 105 Å². The number of nitrogens with zero attached hydrogens (tertiary/aromatic N) is 1. The summed E-state index contributed by atoms with van der Waals surface area (Å²) in [5.41, 5.74) is 8.09. The molecular formula is C14H24N2O. The van der Waals surface area contributed by atoms with Gasteiger partial charge in [0.1, 0.15) is 12.4 Å². The highest BCUT2D eigenvalue weighted by molar-refractivity contribution is 5.38. The Morgan fingerprint density at radius 2 is 2.00 bits per heavy atom. The summed E-state index contributed by atoms with van der Waals surface area (Å²) in [6.45, 7) is 5.58. The number of hydrogen-bond donors (Lipinski definition) is 1. The van der Waals surface area contributed by atoms with Gasteiger partial charge in [-0.3, -0.25) is 0 Å². The molecule has 1 aromatic carbocycles. The van der Waals surface area contributed by atoms with Crippen LogP contribution < -0.4 is 10.5 Å². The first-order valence-electron chi connectivity index (χ1n) is 6.11. The van der Waals surface area contributed by atoms with E-state index in [4.69, 9.17) is 10.5 Å². The molecule has 1 atom stereocenters. The topological polar surface area (TPSA) is 38.5 Å². The molecule has 0 heterocycles. The van der Waals surface area contributed by atoms with Gasteiger partial charge in [-0.15, -0.1) is 0 Å². The average molecular weight is 236 g/mol. The highest BCUT2D eigenvalue weighted by atomic mass is 16.5. The van der Waals surface area contributed by atoms with E-state index in [-0.39, 0.29) is 0 Å². The van der Waals surface area contributed by atoms with Crippen molar-refractivity contribution in [1.29, 1.82) is 0 Å². The van der Waals surface area contributed by atoms with Gasteiger partial charge in [0.05, 0.1) is 0 Å². The van der Waals surface area contributed by atoms with Gasteiger partial charge in [0.25, 0.3) is 0 Å². The maximum Gasteiger partial charge on any atom is 0.122 e. The van der Waals surface area contributed by atoms with Crippen molar-refractivity contribution in [2.75, 3.05) is 27.2 Å². The lowest BCUT2D eigenvalue weighted by Crippen LogP contribution is -2.35. The van der Waals surface area contributed by atoms with Crippen molar-refractivity contribution in [2.24, 2.45) is 5.73 Å². The highest BCUT2D eigenvalue weighted by Crippen LogP contribution is 2.21. The summed E-state index contributed by atoms with van der Waals surface area (Å²) < 4.78 is 5.90. The second-order valence-electron chi connectivity index (χ2n) is 4.70. The van der Waals surface area contributed by atoms with Gasteiger partial charge < -0.3 is 15.4 Å². The second kappa shape index (κ2) is 6.62. The van der Waals surface area contributed by atoms with Crippen LogP contribution in [0, 0.1) is 13.8 Å². The van der Waals surface area contributed by atoms with Gasteiger partial charge in [0.15, 0.2) is 0 Å². The van der Waals surface area contributed by atoms with E-state index in [2.05, 4.69) is 38.9 Å². The van der Waals surface area contributed by atoms with Gasteiger partial charge in [-0.2, -0.15) is 0 Å². The Balaban J connectivity index is 2.62. The fraction of sp³-hybridized carbons (Fsp3) is 0.571. The van der Waals surface area contributed by atoms with Gasteiger partial charge in [0.2, 0.25) is 0 Å². The lowest BCUT2D eigenvalue weighted by Gasteiger charge is -2.24. The van der Waals surface area contributed by atoms with E-state index in [0.717, 1.165) is 12.2 Å². The zero-order chi connectivity index (χ0) is 12.8. The highest BCUT2D eigenvalue weighted by Gasteiger charge is 2.12. The first-order valence-corrected chi connectivity index (χ1v) is 6.11. The van der Waals surface area contributed by atoms with Crippen molar-refractivity contribution < 1.29 is 4.74 Å². The standard InChI is InChI=1S/C14H24N2O/c1-11-6-5-7-14(12(11)2)17-10-13(8-9-15)16(3)4/h5-7,13H,8-10,15H2,1-4H3. The van der Waals surface area contributed by atoms with Crippen LogP contribution in [0.5, 0.6) is 5.75 Å². The van der Waals surface area contributed by atoms with Gasteiger partial charge in [-0.05, 0) is 58.1 Å². The van der Waals surface area contributed by atoms with E-state index < -0.39 is 0 Å². The summed E-state index contributed by atoms with van der Waals surface area (Å²) in [5, 5.41) is 0. The van der Waals surface area contributed by atoms with Crippen LogP contribution in [-0.2, 0) is 0 Å². The first kappa shape index (κ1) is 14.0. The zero-order valence-corrected chi connectivity index (χ0v) is 11.4. The number of rotatable bonds is 6. The molecule has 1 aromatic rings. The molecule has 96 valence electrons. The van der Waals surface area contributed by atoms with Crippen LogP contribution in [-0.4, -0.2) is 38.2 Å².